The molecule has 4 nitrogen and oxygen atoms in total. The van der Waals surface area contributed by atoms with Crippen LogP contribution in [0.15, 0.2) is 30.3 Å². The summed E-state index contributed by atoms with van der Waals surface area (Å²) >= 11 is 0. The van der Waals surface area contributed by atoms with E-state index < -0.39 is 0 Å². The summed E-state index contributed by atoms with van der Waals surface area (Å²) in [6, 6.07) is 11.8. The van der Waals surface area contributed by atoms with Crippen LogP contribution in [-0.4, -0.2) is 27.7 Å². The molecule has 4 aliphatic carbocycles. The van der Waals surface area contributed by atoms with Crippen molar-refractivity contribution in [3.63, 3.8) is 0 Å². The van der Waals surface area contributed by atoms with Gasteiger partial charge in [-0.05, 0) is 62.3 Å². The van der Waals surface area contributed by atoms with Crippen LogP contribution in [0.2, 0.25) is 0 Å². The first-order chi connectivity index (χ1) is 9.63. The molecule has 5 rings (SSSR count). The maximum Gasteiger partial charge on any atom is 2.00 e. The number of aliphatic hydroxyl groups is 1. The molecule has 0 saturated heterocycles. The van der Waals surface area contributed by atoms with E-state index in [1.807, 2.05) is 0 Å². The van der Waals surface area contributed by atoms with Gasteiger partial charge in [-0.2, -0.15) is 0 Å². The van der Waals surface area contributed by atoms with E-state index >= 15 is 0 Å². The topological polar surface area (TPSA) is 92.3 Å². The third-order valence-electron chi connectivity index (χ3n) is 5.98. The van der Waals surface area contributed by atoms with Crippen molar-refractivity contribution in [2.24, 2.45) is 17.8 Å². The second-order valence-corrected chi connectivity index (χ2v) is 7.52. The Kier molecular flexibility index (Phi) is 6.99. The third kappa shape index (κ3) is 3.87. The van der Waals surface area contributed by atoms with Crippen LogP contribution >= 0.6 is 0 Å². The number of rotatable bonds is 3. The SMILES string of the molecule is C[C@H](NC1C2CC3CC1CC(O)(C3)C2)c1ccccc1.[OH-].[OH-].[Pd+2]. The minimum Gasteiger partial charge on any atom is -0.870 e. The minimum atomic E-state index is -0.315. The van der Waals surface area contributed by atoms with E-state index in [2.05, 4.69) is 42.6 Å². The average molecular weight is 412 g/mol. The van der Waals surface area contributed by atoms with Crippen LogP contribution in [-0.2, 0) is 20.4 Å². The predicted molar refractivity (Wildman–Crippen MR) is 84.2 cm³/mol. The maximum absolute atomic E-state index is 10.6. The monoisotopic (exact) mass is 411 g/mol. The Balaban J connectivity index is 0.000000882. The van der Waals surface area contributed by atoms with E-state index in [-0.39, 0.29) is 37.0 Å². The summed E-state index contributed by atoms with van der Waals surface area (Å²) in [5, 5.41) is 14.5. The zero-order chi connectivity index (χ0) is 13.7. The maximum atomic E-state index is 10.6. The summed E-state index contributed by atoms with van der Waals surface area (Å²) in [4.78, 5) is 0. The van der Waals surface area contributed by atoms with Crippen LogP contribution in [0.5, 0.6) is 0 Å². The molecule has 0 aliphatic heterocycles. The number of hydrogen-bond donors (Lipinski definition) is 2. The van der Waals surface area contributed by atoms with Crippen molar-refractivity contribution in [3.8, 4) is 0 Å². The van der Waals surface area contributed by atoms with Gasteiger partial charge in [0.1, 0.15) is 0 Å². The summed E-state index contributed by atoms with van der Waals surface area (Å²) in [5.74, 6) is 2.18. The van der Waals surface area contributed by atoms with Gasteiger partial charge in [0, 0.05) is 12.1 Å². The smallest absolute Gasteiger partial charge is 0.870 e. The van der Waals surface area contributed by atoms with Crippen LogP contribution in [0, 0.1) is 17.8 Å². The molecule has 2 unspecified atom stereocenters. The summed E-state index contributed by atoms with van der Waals surface area (Å²) in [6.45, 7) is 2.27. The summed E-state index contributed by atoms with van der Waals surface area (Å²) in [7, 11) is 0. The molecule has 0 aromatic heterocycles. The van der Waals surface area contributed by atoms with Gasteiger partial charge in [-0.15, -0.1) is 0 Å². The van der Waals surface area contributed by atoms with Gasteiger partial charge in [-0.1, -0.05) is 30.3 Å². The molecule has 0 heterocycles. The molecule has 1 aromatic carbocycles. The Morgan fingerprint density at radius 2 is 1.61 bits per heavy atom. The Morgan fingerprint density at radius 1 is 1.04 bits per heavy atom. The molecule has 3 atom stereocenters. The van der Waals surface area contributed by atoms with Crippen LogP contribution in [0.1, 0.15) is 50.6 Å². The second kappa shape index (κ2) is 7.74. The van der Waals surface area contributed by atoms with E-state index in [0.29, 0.717) is 23.9 Å². The van der Waals surface area contributed by atoms with Crippen molar-refractivity contribution in [3.05, 3.63) is 35.9 Å². The van der Waals surface area contributed by atoms with Crippen molar-refractivity contribution in [2.45, 2.75) is 56.7 Å². The van der Waals surface area contributed by atoms with Crippen molar-refractivity contribution in [2.75, 3.05) is 0 Å². The summed E-state index contributed by atoms with van der Waals surface area (Å²) in [6.07, 6.45) is 5.79. The Hall–Kier alpha value is -0.278. The van der Waals surface area contributed by atoms with Crippen molar-refractivity contribution >= 4 is 0 Å². The largest absolute Gasteiger partial charge is 2.00 e. The van der Waals surface area contributed by atoms with Gasteiger partial charge in [0.15, 0.2) is 0 Å². The molecule has 23 heavy (non-hydrogen) atoms. The first kappa shape index (κ1) is 20.8. The van der Waals surface area contributed by atoms with E-state index in [9.17, 15) is 5.11 Å². The van der Waals surface area contributed by atoms with E-state index in [0.717, 1.165) is 25.2 Å². The van der Waals surface area contributed by atoms with Crippen molar-refractivity contribution in [1.29, 1.82) is 0 Å². The molecular formula is C18H27NO3Pd. The molecule has 4 N–H and O–H groups in total. The van der Waals surface area contributed by atoms with Gasteiger partial charge in [0.05, 0.1) is 5.60 Å². The number of benzene rings is 1. The van der Waals surface area contributed by atoms with Gasteiger partial charge in [0.2, 0.25) is 0 Å². The number of hydrogen-bond acceptors (Lipinski definition) is 4. The first-order valence-corrected chi connectivity index (χ1v) is 8.16. The van der Waals surface area contributed by atoms with Gasteiger partial charge in [-0.3, -0.25) is 0 Å². The van der Waals surface area contributed by atoms with Crippen LogP contribution in [0.3, 0.4) is 0 Å². The number of nitrogens with one attached hydrogen (secondary N) is 1. The first-order valence-electron chi connectivity index (χ1n) is 8.16. The fourth-order valence-electron chi connectivity index (χ4n) is 5.38. The molecule has 4 bridgehead atoms. The molecular weight excluding hydrogens is 385 g/mol. The Labute approximate surface area is 152 Å². The average Bonchev–Trinajstić information content (AvgIpc) is 2.42. The zero-order valence-electron chi connectivity index (χ0n) is 13.5. The molecule has 0 spiro atoms. The van der Waals surface area contributed by atoms with Crippen LogP contribution in [0.25, 0.3) is 0 Å². The molecule has 4 saturated carbocycles. The van der Waals surface area contributed by atoms with Crippen molar-refractivity contribution < 1.29 is 36.5 Å². The molecule has 132 valence electrons. The van der Waals surface area contributed by atoms with E-state index in [1.165, 1.54) is 18.4 Å². The predicted octanol–water partition coefficient (Wildman–Crippen LogP) is 2.92. The van der Waals surface area contributed by atoms with Crippen molar-refractivity contribution in [1.82, 2.24) is 5.32 Å². The zero-order valence-corrected chi connectivity index (χ0v) is 15.0. The molecule has 5 heteroatoms. The fraction of sp³-hybridized carbons (Fsp3) is 0.667. The normalized spacial score (nSPS) is 38.0. The quantitative estimate of drug-likeness (QED) is 0.748. The minimum absolute atomic E-state index is 0. The van der Waals surface area contributed by atoms with Gasteiger partial charge in [-0.25, -0.2) is 0 Å². The standard InChI is InChI=1S/C18H25NO.2H2O.Pd/c1-12(14-5-3-2-4-6-14)19-17-15-7-13-8-16(17)11-18(20,9-13)10-15;;;/h2-6,12-13,15-17,19-20H,7-11H2,1H3;2*1H2;/q;;;+2/p-2/t12-,13?,15?,16?,17?,18?;;;/m0.../s1. The van der Waals surface area contributed by atoms with Gasteiger partial charge >= 0.3 is 20.4 Å². The van der Waals surface area contributed by atoms with E-state index in [1.54, 1.807) is 0 Å². The molecule has 0 radical (unpaired) electrons. The third-order valence-corrected chi connectivity index (χ3v) is 5.98. The Bertz CT molecular complexity index is 482. The molecule has 0 amide bonds. The fourth-order valence-corrected chi connectivity index (χ4v) is 5.38. The molecule has 4 aliphatic rings. The van der Waals surface area contributed by atoms with Gasteiger partial charge < -0.3 is 21.4 Å². The molecule has 4 fully saturated rings. The summed E-state index contributed by atoms with van der Waals surface area (Å²) in [5.41, 5.74) is 1.06. The Morgan fingerprint density at radius 3 is 2.13 bits per heavy atom. The summed E-state index contributed by atoms with van der Waals surface area (Å²) < 4.78 is 0. The van der Waals surface area contributed by atoms with Gasteiger partial charge in [0.25, 0.3) is 0 Å². The second-order valence-electron chi connectivity index (χ2n) is 7.52. The van der Waals surface area contributed by atoms with Crippen LogP contribution in [0.4, 0.5) is 0 Å². The van der Waals surface area contributed by atoms with Crippen LogP contribution < -0.4 is 5.32 Å². The molecule has 1 aromatic rings. The van der Waals surface area contributed by atoms with E-state index in [4.69, 9.17) is 0 Å².